The average Bonchev–Trinajstić information content (AvgIpc) is 3.05. The fraction of sp³-hybridized carbons (Fsp3) is 0.188. The van der Waals surface area contributed by atoms with Crippen LogP contribution in [-0.4, -0.2) is 20.3 Å². The Balaban J connectivity index is 2.25. The van der Waals surface area contributed by atoms with E-state index in [1.165, 1.54) is 11.3 Å². The molecule has 0 bridgehead atoms. The van der Waals surface area contributed by atoms with Gasteiger partial charge in [0.2, 0.25) is 0 Å². The number of halogens is 2. The maximum atomic E-state index is 12.5. The Labute approximate surface area is 152 Å². The summed E-state index contributed by atoms with van der Waals surface area (Å²) in [6.45, 7) is 6.05. The maximum Gasteiger partial charge on any atom is 0.300 e. The highest BCUT2D eigenvalue weighted by Crippen LogP contribution is 2.31. The van der Waals surface area contributed by atoms with E-state index in [1.807, 2.05) is 11.5 Å². The molecule has 2 heterocycles. The number of hydrogen-bond donors (Lipinski definition) is 0. The Bertz CT molecular complexity index is 1030. The predicted octanol–water partition coefficient (Wildman–Crippen LogP) is 3.98. The SMILES string of the molecule is C=CCn1c(=NC(=O)c2nn(C)cc2C)sc2c(Cl)ccc(Cl)c21. The predicted molar refractivity (Wildman–Crippen MR) is 97.9 cm³/mol. The molecule has 0 aliphatic carbocycles. The molecular weight excluding hydrogens is 367 g/mol. The van der Waals surface area contributed by atoms with E-state index in [1.54, 1.807) is 36.1 Å². The van der Waals surface area contributed by atoms with Gasteiger partial charge in [-0.3, -0.25) is 9.48 Å². The van der Waals surface area contributed by atoms with Crippen molar-refractivity contribution < 1.29 is 4.79 Å². The summed E-state index contributed by atoms with van der Waals surface area (Å²) in [6, 6.07) is 3.46. The lowest BCUT2D eigenvalue weighted by Crippen LogP contribution is -2.17. The fourth-order valence-electron chi connectivity index (χ4n) is 2.45. The van der Waals surface area contributed by atoms with Gasteiger partial charge in [-0.05, 0) is 19.1 Å². The lowest BCUT2D eigenvalue weighted by molar-refractivity contribution is 0.0992. The highest BCUT2D eigenvalue weighted by atomic mass is 35.5. The Morgan fingerprint density at radius 2 is 2.12 bits per heavy atom. The van der Waals surface area contributed by atoms with Crippen molar-refractivity contribution in [1.29, 1.82) is 0 Å². The number of nitrogens with zero attached hydrogens (tertiary/aromatic N) is 4. The summed E-state index contributed by atoms with van der Waals surface area (Å²) >= 11 is 13.9. The van der Waals surface area contributed by atoms with Gasteiger partial charge in [0.05, 0.1) is 20.3 Å². The van der Waals surface area contributed by atoms with Crippen molar-refractivity contribution in [3.05, 3.63) is 57.1 Å². The van der Waals surface area contributed by atoms with E-state index >= 15 is 0 Å². The van der Waals surface area contributed by atoms with Crippen LogP contribution in [0.15, 0.2) is 36.0 Å². The van der Waals surface area contributed by atoms with Gasteiger partial charge in [-0.15, -0.1) is 6.58 Å². The standard InChI is InChI=1S/C16H14Cl2N4OS/c1-4-7-22-13-10(17)5-6-11(18)14(13)24-16(22)19-15(23)12-9(2)8-21(3)20-12/h4-6,8H,1,7H2,2-3H3. The molecule has 0 saturated heterocycles. The van der Waals surface area contributed by atoms with E-state index in [-0.39, 0.29) is 0 Å². The number of amides is 1. The van der Waals surface area contributed by atoms with Crippen LogP contribution in [0.2, 0.25) is 10.0 Å². The van der Waals surface area contributed by atoms with Crippen molar-refractivity contribution in [3.8, 4) is 0 Å². The topological polar surface area (TPSA) is 52.2 Å². The average molecular weight is 381 g/mol. The number of allylic oxidation sites excluding steroid dienone is 1. The first-order valence-corrected chi connectivity index (χ1v) is 8.67. The zero-order chi connectivity index (χ0) is 17.4. The van der Waals surface area contributed by atoms with Crippen LogP contribution in [0.3, 0.4) is 0 Å². The lowest BCUT2D eigenvalue weighted by Gasteiger charge is -2.03. The summed E-state index contributed by atoms with van der Waals surface area (Å²) < 4.78 is 4.21. The van der Waals surface area contributed by atoms with Gasteiger partial charge < -0.3 is 4.57 Å². The lowest BCUT2D eigenvalue weighted by atomic mass is 10.3. The smallest absolute Gasteiger partial charge is 0.300 e. The molecule has 0 atom stereocenters. The number of thiazole rings is 1. The van der Waals surface area contributed by atoms with Crippen molar-refractivity contribution in [2.24, 2.45) is 12.0 Å². The quantitative estimate of drug-likeness (QED) is 0.645. The van der Waals surface area contributed by atoms with Gasteiger partial charge in [0.15, 0.2) is 10.5 Å². The molecule has 0 radical (unpaired) electrons. The van der Waals surface area contributed by atoms with Crippen LogP contribution in [0, 0.1) is 6.92 Å². The van der Waals surface area contributed by atoms with Gasteiger partial charge in [-0.1, -0.05) is 40.6 Å². The van der Waals surface area contributed by atoms with E-state index in [2.05, 4.69) is 16.7 Å². The van der Waals surface area contributed by atoms with Crippen LogP contribution in [0.5, 0.6) is 0 Å². The molecule has 0 fully saturated rings. The Morgan fingerprint density at radius 3 is 2.75 bits per heavy atom. The molecule has 5 nitrogen and oxygen atoms in total. The van der Waals surface area contributed by atoms with Crippen LogP contribution in [-0.2, 0) is 13.6 Å². The van der Waals surface area contributed by atoms with E-state index in [9.17, 15) is 4.79 Å². The molecule has 0 unspecified atom stereocenters. The number of hydrogen-bond acceptors (Lipinski definition) is 3. The van der Waals surface area contributed by atoms with Gasteiger partial charge in [-0.25, -0.2) is 0 Å². The van der Waals surface area contributed by atoms with Crippen LogP contribution in [0.1, 0.15) is 16.1 Å². The summed E-state index contributed by atoms with van der Waals surface area (Å²) in [5, 5.41) is 5.29. The van der Waals surface area contributed by atoms with Crippen molar-refractivity contribution in [3.63, 3.8) is 0 Å². The molecular formula is C16H14Cl2N4OS. The van der Waals surface area contributed by atoms with E-state index in [0.717, 1.165) is 15.8 Å². The summed E-state index contributed by atoms with van der Waals surface area (Å²) in [5.41, 5.74) is 1.86. The minimum absolute atomic E-state index is 0.331. The summed E-state index contributed by atoms with van der Waals surface area (Å²) in [6.07, 6.45) is 3.50. The number of carbonyl (C=O) groups excluding carboxylic acids is 1. The molecule has 1 amide bonds. The maximum absolute atomic E-state index is 12.5. The third-order valence-electron chi connectivity index (χ3n) is 3.45. The normalized spacial score (nSPS) is 12.1. The molecule has 0 aliphatic heterocycles. The minimum atomic E-state index is -0.398. The third kappa shape index (κ3) is 2.92. The first-order valence-electron chi connectivity index (χ1n) is 7.10. The zero-order valence-electron chi connectivity index (χ0n) is 13.1. The molecule has 3 rings (SSSR count). The molecule has 3 aromatic rings. The molecule has 24 heavy (non-hydrogen) atoms. The van der Waals surface area contributed by atoms with Gasteiger partial charge in [0.25, 0.3) is 5.91 Å². The molecule has 0 N–H and O–H groups in total. The fourth-order valence-corrected chi connectivity index (χ4v) is 4.11. The molecule has 1 aromatic carbocycles. The Morgan fingerprint density at radius 1 is 1.42 bits per heavy atom. The number of fused-ring (bicyclic) bond motifs is 1. The molecule has 2 aromatic heterocycles. The number of aromatic nitrogens is 3. The number of carbonyl (C=O) groups is 1. The summed E-state index contributed by atoms with van der Waals surface area (Å²) in [4.78, 5) is 17.3. The van der Waals surface area contributed by atoms with Crippen molar-refractivity contribution in [1.82, 2.24) is 14.3 Å². The van der Waals surface area contributed by atoms with Crippen molar-refractivity contribution in [2.75, 3.05) is 0 Å². The molecule has 0 aliphatic rings. The zero-order valence-corrected chi connectivity index (χ0v) is 15.4. The molecule has 0 spiro atoms. The first kappa shape index (κ1) is 17.0. The number of rotatable bonds is 3. The van der Waals surface area contributed by atoms with E-state index < -0.39 is 5.91 Å². The number of benzene rings is 1. The molecule has 0 saturated carbocycles. The first-order chi connectivity index (χ1) is 11.4. The Hall–Kier alpha value is -1.89. The van der Waals surface area contributed by atoms with Crippen LogP contribution in [0.25, 0.3) is 10.2 Å². The van der Waals surface area contributed by atoms with Gasteiger partial charge >= 0.3 is 0 Å². The molecule has 124 valence electrons. The second kappa shape index (κ2) is 6.55. The highest BCUT2D eigenvalue weighted by Gasteiger charge is 2.16. The van der Waals surface area contributed by atoms with Crippen LogP contribution < -0.4 is 4.80 Å². The summed E-state index contributed by atoms with van der Waals surface area (Å²) in [7, 11) is 1.76. The van der Waals surface area contributed by atoms with Gasteiger partial charge in [0, 0.05) is 25.4 Å². The largest absolute Gasteiger partial charge is 0.311 e. The Kier molecular flexibility index (Phi) is 4.62. The van der Waals surface area contributed by atoms with Crippen LogP contribution >= 0.6 is 34.5 Å². The highest BCUT2D eigenvalue weighted by molar-refractivity contribution is 7.17. The van der Waals surface area contributed by atoms with Gasteiger partial charge in [0.1, 0.15) is 0 Å². The second-order valence-corrected chi connectivity index (χ2v) is 7.03. The second-order valence-electron chi connectivity index (χ2n) is 5.24. The van der Waals surface area contributed by atoms with E-state index in [0.29, 0.717) is 27.1 Å². The number of aryl methyl sites for hydroxylation is 2. The molecule has 8 heteroatoms. The van der Waals surface area contributed by atoms with E-state index in [4.69, 9.17) is 23.2 Å². The van der Waals surface area contributed by atoms with Crippen molar-refractivity contribution >= 4 is 50.7 Å². The van der Waals surface area contributed by atoms with Crippen molar-refractivity contribution in [2.45, 2.75) is 13.5 Å². The summed E-state index contributed by atoms with van der Waals surface area (Å²) in [5.74, 6) is -0.398. The van der Waals surface area contributed by atoms with Crippen LogP contribution in [0.4, 0.5) is 0 Å². The monoisotopic (exact) mass is 380 g/mol. The third-order valence-corrected chi connectivity index (χ3v) is 5.30. The van der Waals surface area contributed by atoms with Gasteiger partial charge in [-0.2, -0.15) is 10.1 Å². The minimum Gasteiger partial charge on any atom is -0.311 e.